The first-order valence-corrected chi connectivity index (χ1v) is 8.13. The molecule has 0 radical (unpaired) electrons. The first-order valence-electron chi connectivity index (χ1n) is 7.33. The average molecular weight is 354 g/mol. The van der Waals surface area contributed by atoms with Gasteiger partial charge in [-0.1, -0.05) is 22.9 Å². The van der Waals surface area contributed by atoms with Gasteiger partial charge in [0.25, 0.3) is 0 Å². The van der Waals surface area contributed by atoms with Gasteiger partial charge in [0.2, 0.25) is 0 Å². The minimum Gasteiger partial charge on any atom is -0.310 e. The molecule has 1 heterocycles. The van der Waals surface area contributed by atoms with Crippen molar-refractivity contribution in [1.29, 1.82) is 0 Å². The molecule has 0 spiro atoms. The van der Waals surface area contributed by atoms with Crippen molar-refractivity contribution in [2.24, 2.45) is 0 Å². The number of aromatic nitrogens is 2. The first-order chi connectivity index (χ1) is 10.1. The third kappa shape index (κ3) is 4.38. The van der Waals surface area contributed by atoms with Crippen LogP contribution in [0.1, 0.15) is 37.4 Å². The summed E-state index contributed by atoms with van der Waals surface area (Å²) in [7, 11) is 0. The van der Waals surface area contributed by atoms with Gasteiger partial charge in [0.1, 0.15) is 5.82 Å². The number of nitrogens with one attached hydrogen (secondary N) is 1. The largest absolute Gasteiger partial charge is 0.310 e. The lowest BCUT2D eigenvalue weighted by Gasteiger charge is -2.19. The van der Waals surface area contributed by atoms with Crippen LogP contribution in [0.15, 0.2) is 35.1 Å². The van der Waals surface area contributed by atoms with E-state index in [0.717, 1.165) is 36.0 Å². The second kappa shape index (κ2) is 7.71. The number of rotatable bonds is 7. The van der Waals surface area contributed by atoms with Crippen molar-refractivity contribution in [1.82, 2.24) is 15.1 Å². The standard InChI is InChI=1S/C16H21BrFN3/c1-3-7-19-16(8-12-10-20-21(4-2)11-12)14-9-13(17)5-6-15(14)18/h5-6,9-11,16,19H,3-4,7-8H2,1-2H3. The van der Waals surface area contributed by atoms with Gasteiger partial charge in [-0.05, 0) is 50.1 Å². The Morgan fingerprint density at radius 1 is 1.38 bits per heavy atom. The van der Waals surface area contributed by atoms with E-state index >= 15 is 0 Å². The van der Waals surface area contributed by atoms with Crippen LogP contribution in [0, 0.1) is 5.82 Å². The van der Waals surface area contributed by atoms with Crippen LogP contribution >= 0.6 is 15.9 Å². The van der Waals surface area contributed by atoms with Gasteiger partial charge in [-0.25, -0.2) is 4.39 Å². The number of aryl methyl sites for hydroxylation is 1. The molecule has 21 heavy (non-hydrogen) atoms. The predicted octanol–water partition coefficient (Wildman–Crippen LogP) is 4.09. The fourth-order valence-corrected chi connectivity index (χ4v) is 2.69. The van der Waals surface area contributed by atoms with Crippen molar-refractivity contribution < 1.29 is 4.39 Å². The monoisotopic (exact) mass is 353 g/mol. The topological polar surface area (TPSA) is 29.9 Å². The molecule has 0 aliphatic heterocycles. The summed E-state index contributed by atoms with van der Waals surface area (Å²) in [5, 5.41) is 7.72. The number of hydrogen-bond acceptors (Lipinski definition) is 2. The van der Waals surface area contributed by atoms with E-state index in [1.165, 1.54) is 6.07 Å². The van der Waals surface area contributed by atoms with Gasteiger partial charge >= 0.3 is 0 Å². The van der Waals surface area contributed by atoms with Gasteiger partial charge in [-0.15, -0.1) is 0 Å². The van der Waals surface area contributed by atoms with Crippen molar-refractivity contribution in [3.05, 3.63) is 52.0 Å². The molecule has 114 valence electrons. The van der Waals surface area contributed by atoms with Crippen molar-refractivity contribution >= 4 is 15.9 Å². The Labute approximate surface area is 133 Å². The molecule has 1 aromatic carbocycles. The van der Waals surface area contributed by atoms with Crippen LogP contribution in [0.5, 0.6) is 0 Å². The second-order valence-electron chi connectivity index (χ2n) is 5.08. The van der Waals surface area contributed by atoms with E-state index in [9.17, 15) is 4.39 Å². The Kier molecular flexibility index (Phi) is 5.94. The second-order valence-corrected chi connectivity index (χ2v) is 6.00. The lowest BCUT2D eigenvalue weighted by atomic mass is 10.00. The quantitative estimate of drug-likeness (QED) is 0.812. The summed E-state index contributed by atoms with van der Waals surface area (Å²) in [6, 6.07) is 5.05. The lowest BCUT2D eigenvalue weighted by Crippen LogP contribution is -2.25. The molecule has 0 saturated carbocycles. The molecule has 0 fully saturated rings. The van der Waals surface area contributed by atoms with E-state index in [-0.39, 0.29) is 11.9 Å². The van der Waals surface area contributed by atoms with E-state index < -0.39 is 0 Å². The molecular formula is C16H21BrFN3. The molecule has 1 unspecified atom stereocenters. The Balaban J connectivity index is 2.22. The van der Waals surface area contributed by atoms with E-state index in [1.807, 2.05) is 23.1 Å². The number of hydrogen-bond donors (Lipinski definition) is 1. The fourth-order valence-electron chi connectivity index (χ4n) is 2.31. The van der Waals surface area contributed by atoms with Crippen molar-refractivity contribution in [2.75, 3.05) is 6.54 Å². The molecule has 0 aliphatic carbocycles. The number of nitrogens with zero attached hydrogens (tertiary/aromatic N) is 2. The van der Waals surface area contributed by atoms with Gasteiger partial charge in [-0.3, -0.25) is 4.68 Å². The summed E-state index contributed by atoms with van der Waals surface area (Å²) in [6.07, 6.45) is 5.63. The van der Waals surface area contributed by atoms with E-state index in [1.54, 1.807) is 6.07 Å². The highest BCUT2D eigenvalue weighted by Crippen LogP contribution is 2.24. The summed E-state index contributed by atoms with van der Waals surface area (Å²) in [4.78, 5) is 0. The van der Waals surface area contributed by atoms with E-state index in [4.69, 9.17) is 0 Å². The maximum Gasteiger partial charge on any atom is 0.128 e. The normalized spacial score (nSPS) is 12.6. The summed E-state index contributed by atoms with van der Waals surface area (Å²) < 4.78 is 16.9. The van der Waals surface area contributed by atoms with Crippen molar-refractivity contribution in [3.8, 4) is 0 Å². The predicted molar refractivity (Wildman–Crippen MR) is 86.7 cm³/mol. The summed E-state index contributed by atoms with van der Waals surface area (Å²) in [6.45, 7) is 5.87. The van der Waals surface area contributed by atoms with Crippen LogP contribution < -0.4 is 5.32 Å². The third-order valence-electron chi connectivity index (χ3n) is 3.42. The maximum atomic E-state index is 14.1. The Morgan fingerprint density at radius 3 is 2.86 bits per heavy atom. The van der Waals surface area contributed by atoms with E-state index in [0.29, 0.717) is 5.56 Å². The van der Waals surface area contributed by atoms with Crippen molar-refractivity contribution in [3.63, 3.8) is 0 Å². The SMILES string of the molecule is CCCNC(Cc1cnn(CC)c1)c1cc(Br)ccc1F. The lowest BCUT2D eigenvalue weighted by molar-refractivity contribution is 0.496. The van der Waals surface area contributed by atoms with Crippen LogP contribution in [-0.2, 0) is 13.0 Å². The van der Waals surface area contributed by atoms with E-state index in [2.05, 4.69) is 40.2 Å². The molecule has 0 aliphatic rings. The van der Waals surface area contributed by atoms with Gasteiger partial charge < -0.3 is 5.32 Å². The zero-order valence-corrected chi connectivity index (χ0v) is 14.0. The smallest absolute Gasteiger partial charge is 0.128 e. The third-order valence-corrected chi connectivity index (χ3v) is 3.92. The molecule has 2 rings (SSSR count). The maximum absolute atomic E-state index is 14.1. The molecule has 3 nitrogen and oxygen atoms in total. The van der Waals surface area contributed by atoms with Crippen LogP contribution in [0.3, 0.4) is 0 Å². The van der Waals surface area contributed by atoms with Crippen LogP contribution in [0.2, 0.25) is 0 Å². The minimum atomic E-state index is -0.172. The molecule has 1 atom stereocenters. The van der Waals surface area contributed by atoms with Crippen LogP contribution in [0.25, 0.3) is 0 Å². The highest BCUT2D eigenvalue weighted by molar-refractivity contribution is 9.10. The zero-order chi connectivity index (χ0) is 15.2. The van der Waals surface area contributed by atoms with Crippen molar-refractivity contribution in [2.45, 2.75) is 39.3 Å². The summed E-state index contributed by atoms with van der Waals surface area (Å²) >= 11 is 3.42. The molecule has 2 aromatic rings. The van der Waals surface area contributed by atoms with Gasteiger partial charge in [-0.2, -0.15) is 5.10 Å². The highest BCUT2D eigenvalue weighted by atomic mass is 79.9. The molecule has 1 aromatic heterocycles. The Morgan fingerprint density at radius 2 is 2.19 bits per heavy atom. The minimum absolute atomic E-state index is 0.0445. The Hall–Kier alpha value is -1.20. The summed E-state index contributed by atoms with van der Waals surface area (Å²) in [5.74, 6) is -0.172. The first kappa shape index (κ1) is 16.2. The van der Waals surface area contributed by atoms with Gasteiger partial charge in [0.15, 0.2) is 0 Å². The molecule has 0 amide bonds. The summed E-state index contributed by atoms with van der Waals surface area (Å²) in [5.41, 5.74) is 1.81. The average Bonchev–Trinajstić information content (AvgIpc) is 2.94. The number of halogens is 2. The molecule has 0 saturated heterocycles. The zero-order valence-electron chi connectivity index (χ0n) is 12.4. The molecule has 5 heteroatoms. The highest BCUT2D eigenvalue weighted by Gasteiger charge is 2.17. The Bertz CT molecular complexity index is 583. The van der Waals surface area contributed by atoms with Crippen LogP contribution in [-0.4, -0.2) is 16.3 Å². The molecule has 0 bridgehead atoms. The van der Waals surface area contributed by atoms with Gasteiger partial charge in [0.05, 0.1) is 6.20 Å². The fraction of sp³-hybridized carbons (Fsp3) is 0.438. The van der Waals surface area contributed by atoms with Gasteiger partial charge in [0, 0.05) is 28.8 Å². The van der Waals surface area contributed by atoms with Crippen LogP contribution in [0.4, 0.5) is 4.39 Å². The molecule has 1 N–H and O–H groups in total. The number of benzene rings is 1. The molecular weight excluding hydrogens is 333 g/mol.